The number of benzene rings is 2. The predicted octanol–water partition coefficient (Wildman–Crippen LogP) is 6.42. The van der Waals surface area contributed by atoms with Crippen LogP contribution in [-0.2, 0) is 37.1 Å². The molecule has 0 aliphatic rings. The van der Waals surface area contributed by atoms with Crippen LogP contribution in [0.2, 0.25) is 0 Å². The fourth-order valence-electron chi connectivity index (χ4n) is 3.00. The van der Waals surface area contributed by atoms with Crippen molar-refractivity contribution in [3.63, 3.8) is 0 Å². The van der Waals surface area contributed by atoms with Gasteiger partial charge in [0.2, 0.25) is 0 Å². The van der Waals surface area contributed by atoms with E-state index in [-0.39, 0.29) is 42.0 Å². The molecule has 0 aliphatic heterocycles. The average Bonchev–Trinajstić information content (AvgIpc) is 2.85. The number of esters is 3. The molecule has 0 radical (unpaired) electrons. The third-order valence-electron chi connectivity index (χ3n) is 5.42. The van der Waals surface area contributed by atoms with E-state index in [1.807, 2.05) is 26.0 Å². The minimum absolute atomic E-state index is 0.0440. The van der Waals surface area contributed by atoms with Crippen LogP contribution in [0.5, 0.6) is 11.5 Å². The fourth-order valence-corrected chi connectivity index (χ4v) is 3.00. The smallest absolute Gasteiger partial charge is 0.338 e. The van der Waals surface area contributed by atoms with E-state index in [4.69, 9.17) is 18.9 Å². The summed E-state index contributed by atoms with van der Waals surface area (Å²) in [4.78, 5) is 36.4. The molecule has 0 amide bonds. The Morgan fingerprint density at radius 3 is 1.89 bits per heavy atom. The van der Waals surface area contributed by atoms with Gasteiger partial charge in [-0.3, -0.25) is 0 Å². The van der Waals surface area contributed by atoms with Crippen molar-refractivity contribution in [3.05, 3.63) is 96.1 Å². The number of ether oxygens (including phenoxy) is 4. The summed E-state index contributed by atoms with van der Waals surface area (Å²) in [7, 11) is 0. The second-order valence-corrected chi connectivity index (χ2v) is 9.15. The molecule has 7 nitrogen and oxygen atoms in total. The molecule has 1 unspecified atom stereocenters. The minimum atomic E-state index is -0.633. The number of rotatable bonds is 12. The van der Waals surface area contributed by atoms with Gasteiger partial charge in [-0.1, -0.05) is 44.0 Å². The van der Waals surface area contributed by atoms with Crippen molar-refractivity contribution >= 4 is 17.9 Å². The van der Waals surface area contributed by atoms with E-state index in [9.17, 15) is 14.4 Å². The van der Waals surface area contributed by atoms with Crippen LogP contribution in [-0.4, -0.2) is 24.0 Å². The molecule has 0 heterocycles. The topological polar surface area (TPSA) is 88.1 Å². The number of hydrogen-bond acceptors (Lipinski definition) is 7. The minimum Gasteiger partial charge on any atom is -0.457 e. The lowest BCUT2D eigenvalue weighted by atomic mass is 9.96. The van der Waals surface area contributed by atoms with Crippen LogP contribution < -0.4 is 9.47 Å². The van der Waals surface area contributed by atoms with E-state index in [1.165, 1.54) is 19.9 Å². The average molecular weight is 519 g/mol. The van der Waals surface area contributed by atoms with Gasteiger partial charge in [0, 0.05) is 28.3 Å². The van der Waals surface area contributed by atoms with Crippen molar-refractivity contribution in [3.8, 4) is 22.6 Å². The normalized spacial score (nSPS) is 11.2. The van der Waals surface area contributed by atoms with Gasteiger partial charge >= 0.3 is 17.9 Å². The molecule has 200 valence electrons. The Morgan fingerprint density at radius 1 is 0.737 bits per heavy atom. The van der Waals surface area contributed by atoms with Gasteiger partial charge in [-0.15, -0.1) is 0 Å². The highest BCUT2D eigenvalue weighted by Crippen LogP contribution is 2.37. The lowest BCUT2D eigenvalue weighted by Crippen LogP contribution is -2.12. The first-order valence-corrected chi connectivity index (χ1v) is 11.9. The first-order chi connectivity index (χ1) is 17.8. The maximum atomic E-state index is 12.4. The fraction of sp³-hybridized carbons (Fsp3) is 0.258. The van der Waals surface area contributed by atoms with Gasteiger partial charge in [0.15, 0.2) is 0 Å². The lowest BCUT2D eigenvalue weighted by Gasteiger charge is -2.19. The molecule has 0 aromatic heterocycles. The van der Waals surface area contributed by atoms with E-state index < -0.39 is 17.9 Å². The lowest BCUT2D eigenvalue weighted by molar-refractivity contribution is -0.140. The van der Waals surface area contributed by atoms with Gasteiger partial charge < -0.3 is 18.9 Å². The maximum absolute atomic E-state index is 12.4. The molecular formula is C31H34O7. The first kappa shape index (κ1) is 30.0. The standard InChI is InChI=1S/C31H34O7/c1-18(2)22(9)35-17-24-14-23(16-36-29(32)19(3)4)10-12-26(24)27-13-11-25(37-30(33)20(5)6)15-28(27)38-31(34)21(7)8/h10-15,22H,1,3,5,7,16-17H2,2,4,6,8-9H3. The van der Waals surface area contributed by atoms with E-state index in [2.05, 4.69) is 26.3 Å². The molecule has 2 aromatic rings. The van der Waals surface area contributed by atoms with Gasteiger partial charge in [-0.25, -0.2) is 14.4 Å². The molecule has 0 spiro atoms. The van der Waals surface area contributed by atoms with Crippen molar-refractivity contribution < 1.29 is 33.3 Å². The summed E-state index contributed by atoms with van der Waals surface area (Å²) in [6.07, 6.45) is -0.211. The predicted molar refractivity (Wildman–Crippen MR) is 146 cm³/mol. The van der Waals surface area contributed by atoms with Crippen molar-refractivity contribution in [1.82, 2.24) is 0 Å². The highest BCUT2D eigenvalue weighted by Gasteiger charge is 2.18. The Morgan fingerprint density at radius 2 is 1.32 bits per heavy atom. The Balaban J connectivity index is 2.58. The molecule has 7 heteroatoms. The largest absolute Gasteiger partial charge is 0.457 e. The summed E-state index contributed by atoms with van der Waals surface area (Å²) in [5, 5.41) is 0. The monoisotopic (exact) mass is 518 g/mol. The Labute approximate surface area is 224 Å². The highest BCUT2D eigenvalue weighted by atomic mass is 16.5. The molecule has 1 atom stereocenters. The van der Waals surface area contributed by atoms with Crippen molar-refractivity contribution in [2.24, 2.45) is 0 Å². The van der Waals surface area contributed by atoms with Crippen LogP contribution in [0.4, 0.5) is 0 Å². The first-order valence-electron chi connectivity index (χ1n) is 11.9. The summed E-state index contributed by atoms with van der Waals surface area (Å²) >= 11 is 0. The van der Waals surface area contributed by atoms with E-state index in [1.54, 1.807) is 25.1 Å². The zero-order valence-corrected chi connectivity index (χ0v) is 22.6. The van der Waals surface area contributed by atoms with Crippen LogP contribution in [0.25, 0.3) is 11.1 Å². The van der Waals surface area contributed by atoms with Crippen LogP contribution in [0.15, 0.2) is 85.0 Å². The van der Waals surface area contributed by atoms with E-state index in [0.717, 1.165) is 16.7 Å². The molecule has 2 aromatic carbocycles. The second-order valence-electron chi connectivity index (χ2n) is 9.15. The van der Waals surface area contributed by atoms with Gasteiger partial charge in [-0.05, 0) is 69.5 Å². The van der Waals surface area contributed by atoms with E-state index >= 15 is 0 Å². The van der Waals surface area contributed by atoms with Gasteiger partial charge in [0.1, 0.15) is 18.1 Å². The molecule has 0 fully saturated rings. The Bertz CT molecular complexity index is 1300. The van der Waals surface area contributed by atoms with Crippen molar-refractivity contribution in [2.75, 3.05) is 0 Å². The number of carbonyl (C=O) groups excluding carboxylic acids is 3. The second kappa shape index (κ2) is 13.4. The quantitative estimate of drug-likeness (QED) is 0.139. The third kappa shape index (κ3) is 8.42. The zero-order chi connectivity index (χ0) is 28.6. The Hall–Kier alpha value is -4.23. The number of hydrogen-bond donors (Lipinski definition) is 0. The van der Waals surface area contributed by atoms with E-state index in [0.29, 0.717) is 16.7 Å². The molecule has 0 saturated heterocycles. The summed E-state index contributed by atoms with van der Waals surface area (Å²) in [5.74, 6) is -1.38. The molecule has 0 aliphatic carbocycles. The SMILES string of the molecule is C=C(C)C(=O)OCc1ccc(-c2ccc(OC(=O)C(=C)C)cc2OC(=O)C(=C)C)c(COC(C)C(=C)C)c1. The molecule has 0 bridgehead atoms. The molecule has 38 heavy (non-hydrogen) atoms. The van der Waals surface area contributed by atoms with Crippen LogP contribution in [0.3, 0.4) is 0 Å². The third-order valence-corrected chi connectivity index (χ3v) is 5.42. The maximum Gasteiger partial charge on any atom is 0.338 e. The van der Waals surface area contributed by atoms with Crippen LogP contribution in [0, 0.1) is 0 Å². The summed E-state index contributed by atoms with van der Waals surface area (Å²) in [5.41, 5.74) is 4.34. The zero-order valence-electron chi connectivity index (χ0n) is 22.6. The van der Waals surface area contributed by atoms with Crippen LogP contribution >= 0.6 is 0 Å². The summed E-state index contributed by atoms with van der Waals surface area (Å²) in [6.45, 7) is 23.4. The van der Waals surface area contributed by atoms with Gasteiger partial charge in [0.25, 0.3) is 0 Å². The van der Waals surface area contributed by atoms with Gasteiger partial charge in [0.05, 0.1) is 12.7 Å². The van der Waals surface area contributed by atoms with Crippen molar-refractivity contribution in [1.29, 1.82) is 0 Å². The molecular weight excluding hydrogens is 484 g/mol. The van der Waals surface area contributed by atoms with Crippen molar-refractivity contribution in [2.45, 2.75) is 53.9 Å². The molecule has 0 N–H and O–H groups in total. The molecule has 0 saturated carbocycles. The molecule has 2 rings (SSSR count). The number of carbonyl (C=O) groups is 3. The Kier molecular flexibility index (Phi) is 10.5. The highest BCUT2D eigenvalue weighted by molar-refractivity contribution is 5.91. The summed E-state index contributed by atoms with van der Waals surface area (Å²) in [6, 6.07) is 10.2. The van der Waals surface area contributed by atoms with Gasteiger partial charge in [-0.2, -0.15) is 0 Å². The summed E-state index contributed by atoms with van der Waals surface area (Å²) < 4.78 is 22.3. The van der Waals surface area contributed by atoms with Crippen LogP contribution in [0.1, 0.15) is 45.7 Å².